The van der Waals surface area contributed by atoms with Crippen LogP contribution < -0.4 is 15.2 Å². The zero-order valence-electron chi connectivity index (χ0n) is 14.1. The molecule has 4 rings (SSSR count). The summed E-state index contributed by atoms with van der Waals surface area (Å²) in [7, 11) is 1.66. The minimum absolute atomic E-state index is 0.355. The molecule has 0 aliphatic heterocycles. The maximum atomic E-state index is 5.98. The van der Waals surface area contributed by atoms with Crippen LogP contribution in [0.15, 0.2) is 54.7 Å². The molecule has 0 aliphatic carbocycles. The van der Waals surface area contributed by atoms with Crippen LogP contribution in [0.25, 0.3) is 22.3 Å². The number of hydrogen-bond donors (Lipinski definition) is 2. The molecule has 0 spiro atoms. The molecule has 7 nitrogen and oxygen atoms in total. The Hall–Kier alpha value is -3.61. The highest BCUT2D eigenvalue weighted by atomic mass is 16.5. The van der Waals surface area contributed by atoms with E-state index in [2.05, 4.69) is 32.5 Å². The SMILES string of the molecule is COc1cccc(-c2cccc(COc3c(N)cnc4[nH]nnc34)c2)c1. The number of hydrogen-bond acceptors (Lipinski definition) is 6. The van der Waals surface area contributed by atoms with Crippen molar-refractivity contribution in [3.8, 4) is 22.6 Å². The lowest BCUT2D eigenvalue weighted by Gasteiger charge is -2.10. The summed E-state index contributed by atoms with van der Waals surface area (Å²) in [5, 5.41) is 10.4. The van der Waals surface area contributed by atoms with Crippen molar-refractivity contribution in [2.75, 3.05) is 12.8 Å². The smallest absolute Gasteiger partial charge is 0.179 e. The molecule has 3 N–H and O–H groups in total. The highest BCUT2D eigenvalue weighted by Gasteiger charge is 2.12. The number of nitrogens with one attached hydrogen (secondary N) is 1. The van der Waals surface area contributed by atoms with Gasteiger partial charge in [0, 0.05) is 0 Å². The second-order valence-electron chi connectivity index (χ2n) is 5.77. The first kappa shape index (κ1) is 15.9. The largest absolute Gasteiger partial charge is 0.497 e. The Balaban J connectivity index is 1.59. The number of benzene rings is 2. The van der Waals surface area contributed by atoms with Crippen LogP contribution in [-0.4, -0.2) is 27.5 Å². The van der Waals surface area contributed by atoms with Crippen LogP contribution in [0.1, 0.15) is 5.56 Å². The van der Waals surface area contributed by atoms with E-state index in [4.69, 9.17) is 15.2 Å². The van der Waals surface area contributed by atoms with E-state index in [0.29, 0.717) is 29.2 Å². The second kappa shape index (κ2) is 6.72. The first-order chi connectivity index (χ1) is 12.7. The maximum Gasteiger partial charge on any atom is 0.179 e. The van der Waals surface area contributed by atoms with Gasteiger partial charge in [0.25, 0.3) is 0 Å². The van der Waals surface area contributed by atoms with Gasteiger partial charge in [-0.2, -0.15) is 0 Å². The van der Waals surface area contributed by atoms with Crippen molar-refractivity contribution in [2.45, 2.75) is 6.61 Å². The first-order valence-electron chi connectivity index (χ1n) is 8.06. The number of aromatic nitrogens is 4. The Kier molecular flexibility index (Phi) is 4.10. The van der Waals surface area contributed by atoms with Crippen molar-refractivity contribution in [1.82, 2.24) is 20.4 Å². The summed E-state index contributed by atoms with van der Waals surface area (Å²) < 4.78 is 11.2. The zero-order chi connectivity index (χ0) is 17.9. The third-order valence-corrected chi connectivity index (χ3v) is 4.05. The quantitative estimate of drug-likeness (QED) is 0.575. The molecular weight excluding hydrogens is 330 g/mol. The molecule has 0 unspecified atom stereocenters. The average Bonchev–Trinajstić information content (AvgIpc) is 3.16. The fourth-order valence-corrected chi connectivity index (χ4v) is 2.75. The second-order valence-corrected chi connectivity index (χ2v) is 5.77. The fraction of sp³-hybridized carbons (Fsp3) is 0.105. The van der Waals surface area contributed by atoms with Crippen LogP contribution in [0.5, 0.6) is 11.5 Å². The van der Waals surface area contributed by atoms with Gasteiger partial charge in [0.2, 0.25) is 0 Å². The van der Waals surface area contributed by atoms with Gasteiger partial charge in [-0.15, -0.1) is 5.10 Å². The Morgan fingerprint density at radius 1 is 1.08 bits per heavy atom. The van der Waals surface area contributed by atoms with E-state index in [0.717, 1.165) is 22.4 Å². The molecule has 4 aromatic rings. The standard InChI is InChI=1S/C19H17N5O2/c1-25-15-7-3-6-14(9-15)13-5-2-4-12(8-13)11-26-18-16(20)10-21-19-17(18)22-24-23-19/h2-10H,11,20H2,1H3,(H,21,22,23,24). The van der Waals surface area contributed by atoms with Crippen molar-refractivity contribution < 1.29 is 9.47 Å². The van der Waals surface area contributed by atoms with E-state index in [9.17, 15) is 0 Å². The Morgan fingerprint density at radius 3 is 2.73 bits per heavy atom. The number of nitrogen functional groups attached to an aromatic ring is 1. The maximum absolute atomic E-state index is 5.98. The van der Waals surface area contributed by atoms with Gasteiger partial charge in [-0.25, -0.2) is 10.1 Å². The van der Waals surface area contributed by atoms with Gasteiger partial charge in [0.1, 0.15) is 12.4 Å². The van der Waals surface area contributed by atoms with Crippen molar-refractivity contribution in [3.63, 3.8) is 0 Å². The molecule has 0 amide bonds. The predicted octanol–water partition coefficient (Wildman–Crippen LogP) is 3.19. The topological polar surface area (TPSA) is 98.9 Å². The van der Waals surface area contributed by atoms with Crippen molar-refractivity contribution in [1.29, 1.82) is 0 Å². The van der Waals surface area contributed by atoms with Crippen LogP contribution in [0.4, 0.5) is 5.69 Å². The number of pyridine rings is 1. The minimum atomic E-state index is 0.355. The van der Waals surface area contributed by atoms with Gasteiger partial charge in [0.15, 0.2) is 16.9 Å². The molecule has 0 saturated heterocycles. The van der Waals surface area contributed by atoms with E-state index in [1.54, 1.807) is 7.11 Å². The molecule has 0 aliphatic rings. The molecule has 0 saturated carbocycles. The number of aromatic amines is 1. The molecule has 0 radical (unpaired) electrons. The molecule has 2 heterocycles. The van der Waals surface area contributed by atoms with Gasteiger partial charge in [-0.05, 0) is 34.9 Å². The number of methoxy groups -OCH3 is 1. The van der Waals surface area contributed by atoms with Crippen LogP contribution in [-0.2, 0) is 6.61 Å². The van der Waals surface area contributed by atoms with E-state index in [-0.39, 0.29) is 0 Å². The van der Waals surface area contributed by atoms with Crippen molar-refractivity contribution >= 4 is 16.9 Å². The molecule has 2 aromatic carbocycles. The predicted molar refractivity (Wildman–Crippen MR) is 98.9 cm³/mol. The number of ether oxygens (including phenoxy) is 2. The Morgan fingerprint density at radius 2 is 1.88 bits per heavy atom. The van der Waals surface area contributed by atoms with Crippen LogP contribution in [0.3, 0.4) is 0 Å². The van der Waals surface area contributed by atoms with Crippen molar-refractivity contribution in [2.24, 2.45) is 0 Å². The van der Waals surface area contributed by atoms with E-state index >= 15 is 0 Å². The van der Waals surface area contributed by atoms with Gasteiger partial charge in [0.05, 0.1) is 19.0 Å². The monoisotopic (exact) mass is 347 g/mol. The van der Waals surface area contributed by atoms with Crippen molar-refractivity contribution in [3.05, 3.63) is 60.3 Å². The van der Waals surface area contributed by atoms with E-state index in [1.165, 1.54) is 6.20 Å². The summed E-state index contributed by atoms with van der Waals surface area (Å²) in [5.74, 6) is 1.30. The average molecular weight is 347 g/mol. The third-order valence-electron chi connectivity index (χ3n) is 4.05. The summed E-state index contributed by atoms with van der Waals surface area (Å²) in [6.45, 7) is 0.355. The van der Waals surface area contributed by atoms with Gasteiger partial charge >= 0.3 is 0 Å². The summed E-state index contributed by atoms with van der Waals surface area (Å²) in [5.41, 5.74) is 10.6. The van der Waals surface area contributed by atoms with Gasteiger partial charge in [-0.1, -0.05) is 35.5 Å². The Bertz CT molecular complexity index is 1060. The van der Waals surface area contributed by atoms with E-state index in [1.807, 2.05) is 36.4 Å². The molecular formula is C19H17N5O2. The summed E-state index contributed by atoms with van der Waals surface area (Å²) in [6.07, 6.45) is 1.53. The van der Waals surface area contributed by atoms with Gasteiger partial charge in [-0.3, -0.25) is 0 Å². The number of nitrogens with two attached hydrogens (primary N) is 1. The first-order valence-corrected chi connectivity index (χ1v) is 8.06. The molecule has 130 valence electrons. The molecule has 26 heavy (non-hydrogen) atoms. The number of rotatable bonds is 5. The van der Waals surface area contributed by atoms with Crippen LogP contribution in [0, 0.1) is 0 Å². The number of fused-ring (bicyclic) bond motifs is 1. The molecule has 0 atom stereocenters. The molecule has 0 bridgehead atoms. The minimum Gasteiger partial charge on any atom is -0.497 e. The Labute approximate surface area is 149 Å². The zero-order valence-corrected chi connectivity index (χ0v) is 14.1. The summed E-state index contributed by atoms with van der Waals surface area (Å²) in [6, 6.07) is 16.1. The fourth-order valence-electron chi connectivity index (χ4n) is 2.75. The van der Waals surface area contributed by atoms with Crippen LogP contribution >= 0.6 is 0 Å². The highest BCUT2D eigenvalue weighted by Crippen LogP contribution is 2.29. The lowest BCUT2D eigenvalue weighted by atomic mass is 10.0. The van der Waals surface area contributed by atoms with Gasteiger partial charge < -0.3 is 15.2 Å². The third kappa shape index (κ3) is 3.02. The number of nitrogens with zero attached hydrogens (tertiary/aromatic N) is 3. The molecule has 2 aromatic heterocycles. The summed E-state index contributed by atoms with van der Waals surface area (Å²) >= 11 is 0. The van der Waals surface area contributed by atoms with Crippen LogP contribution in [0.2, 0.25) is 0 Å². The lowest BCUT2D eigenvalue weighted by Crippen LogP contribution is -2.00. The number of anilines is 1. The highest BCUT2D eigenvalue weighted by molar-refractivity contribution is 5.82. The normalized spacial score (nSPS) is 10.8. The number of H-pyrrole nitrogens is 1. The lowest BCUT2D eigenvalue weighted by molar-refractivity contribution is 0.311. The molecule has 7 heteroatoms. The molecule has 0 fully saturated rings. The summed E-state index contributed by atoms with van der Waals surface area (Å²) in [4.78, 5) is 4.13. The van der Waals surface area contributed by atoms with E-state index < -0.39 is 0 Å².